The normalized spacial score (nSPS) is 28.5. The number of hydrogen-bond acceptors (Lipinski definition) is 5. The highest BCUT2D eigenvalue weighted by Crippen LogP contribution is 2.27. The van der Waals surface area contributed by atoms with Crippen LogP contribution in [0.1, 0.15) is 12.6 Å². The Kier molecular flexibility index (Phi) is 3.34. The van der Waals surface area contributed by atoms with E-state index in [1.807, 2.05) is 4.98 Å². The number of aliphatic hydroxyl groups is 2. The lowest BCUT2D eigenvalue weighted by Crippen LogP contribution is -2.32. The summed E-state index contributed by atoms with van der Waals surface area (Å²) in [5.41, 5.74) is -1.35. The molecule has 0 radical (unpaired) electrons. The van der Waals surface area contributed by atoms with Crippen molar-refractivity contribution < 1.29 is 14.9 Å². The van der Waals surface area contributed by atoms with E-state index in [9.17, 15) is 14.7 Å². The minimum atomic E-state index is -0.859. The van der Waals surface area contributed by atoms with E-state index in [0.29, 0.717) is 0 Å². The standard InChI is InChI=1S/C9H11ClN2O5/c10-4-2-12(9(16)11-8(4)15)7-1-5(14)6(3-13)17-7/h2,5-7,13-14H,1,3H2,(H,11,15,16)/t5-,6+,7-/m0/s1. The highest BCUT2D eigenvalue weighted by molar-refractivity contribution is 6.30. The summed E-state index contributed by atoms with van der Waals surface area (Å²) in [6.07, 6.45) is -1.04. The molecule has 0 spiro atoms. The Bertz CT molecular complexity index is 525. The van der Waals surface area contributed by atoms with E-state index in [1.165, 1.54) is 0 Å². The van der Waals surface area contributed by atoms with E-state index in [1.54, 1.807) is 0 Å². The Morgan fingerprint density at radius 1 is 1.59 bits per heavy atom. The van der Waals surface area contributed by atoms with Gasteiger partial charge in [-0.1, -0.05) is 11.6 Å². The molecule has 3 atom stereocenters. The zero-order valence-electron chi connectivity index (χ0n) is 8.67. The quantitative estimate of drug-likeness (QED) is 0.623. The summed E-state index contributed by atoms with van der Waals surface area (Å²) >= 11 is 5.60. The first-order valence-corrected chi connectivity index (χ1v) is 5.36. The number of H-pyrrole nitrogens is 1. The van der Waals surface area contributed by atoms with E-state index in [4.69, 9.17) is 21.4 Å². The molecule has 0 amide bonds. The number of aromatic amines is 1. The highest BCUT2D eigenvalue weighted by atomic mass is 35.5. The summed E-state index contributed by atoms with van der Waals surface area (Å²) in [4.78, 5) is 24.6. The SMILES string of the molecule is O=c1[nH]c(=O)n([C@@H]2C[C@H](O)[C@@H](CO)O2)cc1Cl. The summed E-state index contributed by atoms with van der Waals surface area (Å²) in [6, 6.07) is 0. The zero-order valence-corrected chi connectivity index (χ0v) is 9.42. The third kappa shape index (κ3) is 2.27. The van der Waals surface area contributed by atoms with Gasteiger partial charge in [-0.05, 0) is 0 Å². The summed E-state index contributed by atoms with van der Waals surface area (Å²) in [7, 11) is 0. The van der Waals surface area contributed by atoms with Crippen LogP contribution in [-0.4, -0.2) is 38.6 Å². The molecule has 1 aliphatic heterocycles. The smallest absolute Gasteiger partial charge is 0.330 e. The Balaban J connectivity index is 2.34. The average Bonchev–Trinajstić information content (AvgIpc) is 2.65. The minimum absolute atomic E-state index is 0.143. The van der Waals surface area contributed by atoms with Gasteiger partial charge in [0.2, 0.25) is 0 Å². The molecule has 1 aromatic rings. The summed E-state index contributed by atoms with van der Waals surface area (Å²) < 4.78 is 6.35. The van der Waals surface area contributed by atoms with Gasteiger partial charge in [-0.3, -0.25) is 14.3 Å². The van der Waals surface area contributed by atoms with Crippen LogP contribution in [0.5, 0.6) is 0 Å². The average molecular weight is 263 g/mol. The maximum atomic E-state index is 11.5. The van der Waals surface area contributed by atoms with Gasteiger partial charge < -0.3 is 14.9 Å². The molecular weight excluding hydrogens is 252 g/mol. The number of nitrogens with zero attached hydrogens (tertiary/aromatic N) is 1. The van der Waals surface area contributed by atoms with Crippen LogP contribution in [0.15, 0.2) is 15.8 Å². The van der Waals surface area contributed by atoms with Gasteiger partial charge in [-0.25, -0.2) is 4.79 Å². The fourth-order valence-corrected chi connectivity index (χ4v) is 1.88. The summed E-state index contributed by atoms with van der Waals surface area (Å²) in [6.45, 7) is -0.344. The lowest BCUT2D eigenvalue weighted by molar-refractivity contribution is -0.0459. The molecule has 7 nitrogen and oxygen atoms in total. The van der Waals surface area contributed by atoms with Crippen LogP contribution in [0, 0.1) is 0 Å². The van der Waals surface area contributed by atoms with Crippen molar-refractivity contribution in [3.8, 4) is 0 Å². The van der Waals surface area contributed by atoms with Gasteiger partial charge in [0.15, 0.2) is 0 Å². The van der Waals surface area contributed by atoms with Crippen molar-refractivity contribution in [3.63, 3.8) is 0 Å². The van der Waals surface area contributed by atoms with Gasteiger partial charge in [-0.15, -0.1) is 0 Å². The Morgan fingerprint density at radius 3 is 2.88 bits per heavy atom. The van der Waals surface area contributed by atoms with Crippen LogP contribution in [0.4, 0.5) is 0 Å². The molecule has 17 heavy (non-hydrogen) atoms. The first kappa shape index (κ1) is 12.3. The molecule has 0 unspecified atom stereocenters. The molecule has 1 aliphatic rings. The van der Waals surface area contributed by atoms with Crippen molar-refractivity contribution in [1.82, 2.24) is 9.55 Å². The first-order chi connectivity index (χ1) is 8.02. The first-order valence-electron chi connectivity index (χ1n) is 4.98. The lowest BCUT2D eigenvalue weighted by Gasteiger charge is -2.14. The maximum Gasteiger partial charge on any atom is 0.330 e. The Labute approximate surface area is 100 Å². The molecule has 2 rings (SSSR count). The molecule has 8 heteroatoms. The van der Waals surface area contributed by atoms with Gasteiger partial charge in [0, 0.05) is 12.6 Å². The number of hydrogen-bond donors (Lipinski definition) is 3. The fraction of sp³-hybridized carbons (Fsp3) is 0.556. The van der Waals surface area contributed by atoms with Crippen molar-refractivity contribution in [3.05, 3.63) is 32.1 Å². The number of rotatable bonds is 2. The van der Waals surface area contributed by atoms with Crippen LogP contribution < -0.4 is 11.2 Å². The van der Waals surface area contributed by atoms with Gasteiger partial charge in [0.05, 0.1) is 12.7 Å². The van der Waals surface area contributed by atoms with Gasteiger partial charge in [0.1, 0.15) is 17.4 Å². The molecular formula is C9H11ClN2O5. The van der Waals surface area contributed by atoms with Crippen LogP contribution in [0.2, 0.25) is 5.02 Å². The number of ether oxygens (including phenoxy) is 1. The van der Waals surface area contributed by atoms with E-state index in [-0.39, 0.29) is 18.1 Å². The van der Waals surface area contributed by atoms with Crippen LogP contribution >= 0.6 is 11.6 Å². The second kappa shape index (κ2) is 4.61. The molecule has 3 N–H and O–H groups in total. The van der Waals surface area contributed by atoms with Gasteiger partial charge in [0.25, 0.3) is 5.56 Å². The summed E-state index contributed by atoms with van der Waals surface area (Å²) in [5, 5.41) is 18.3. The number of nitrogens with one attached hydrogen (secondary N) is 1. The topological polar surface area (TPSA) is 105 Å². The molecule has 2 heterocycles. The van der Waals surface area contributed by atoms with Crippen LogP contribution in [0.25, 0.3) is 0 Å². The van der Waals surface area contributed by atoms with Crippen molar-refractivity contribution in [1.29, 1.82) is 0 Å². The molecule has 1 aromatic heterocycles. The molecule has 0 aliphatic carbocycles. The number of halogens is 1. The molecule has 1 saturated heterocycles. The molecule has 94 valence electrons. The summed E-state index contributed by atoms with van der Waals surface area (Å²) in [5.74, 6) is 0. The lowest BCUT2D eigenvalue weighted by atomic mass is 10.2. The predicted octanol–water partition coefficient (Wildman–Crippen LogP) is -1.17. The van der Waals surface area contributed by atoms with Crippen molar-refractivity contribution in [2.24, 2.45) is 0 Å². The molecule has 1 fully saturated rings. The fourth-order valence-electron chi connectivity index (χ4n) is 1.72. The van der Waals surface area contributed by atoms with Crippen molar-refractivity contribution in [2.75, 3.05) is 6.61 Å². The minimum Gasteiger partial charge on any atom is -0.394 e. The third-order valence-electron chi connectivity index (χ3n) is 2.62. The van der Waals surface area contributed by atoms with Crippen LogP contribution in [0.3, 0.4) is 0 Å². The van der Waals surface area contributed by atoms with E-state index < -0.39 is 29.7 Å². The van der Waals surface area contributed by atoms with Gasteiger partial charge in [-0.2, -0.15) is 0 Å². The van der Waals surface area contributed by atoms with Gasteiger partial charge >= 0.3 is 5.69 Å². The molecule has 0 aromatic carbocycles. The van der Waals surface area contributed by atoms with Crippen molar-refractivity contribution in [2.45, 2.75) is 24.9 Å². The monoisotopic (exact) mass is 262 g/mol. The maximum absolute atomic E-state index is 11.5. The Morgan fingerprint density at radius 2 is 2.29 bits per heavy atom. The van der Waals surface area contributed by atoms with E-state index in [0.717, 1.165) is 10.8 Å². The predicted molar refractivity (Wildman–Crippen MR) is 58.0 cm³/mol. The number of aromatic nitrogens is 2. The second-order valence-electron chi connectivity index (χ2n) is 3.76. The van der Waals surface area contributed by atoms with E-state index in [2.05, 4.69) is 0 Å². The second-order valence-corrected chi connectivity index (χ2v) is 4.17. The molecule has 0 saturated carbocycles. The van der Waals surface area contributed by atoms with E-state index >= 15 is 0 Å². The Hall–Kier alpha value is -1.15. The highest BCUT2D eigenvalue weighted by Gasteiger charge is 2.35. The van der Waals surface area contributed by atoms with Crippen molar-refractivity contribution >= 4 is 11.6 Å². The molecule has 0 bridgehead atoms. The largest absolute Gasteiger partial charge is 0.394 e. The number of aliphatic hydroxyl groups excluding tert-OH is 2. The zero-order chi connectivity index (χ0) is 12.6. The van der Waals surface area contributed by atoms with Crippen LogP contribution in [-0.2, 0) is 4.74 Å². The third-order valence-corrected chi connectivity index (χ3v) is 2.89.